The van der Waals surface area contributed by atoms with Gasteiger partial charge in [-0.2, -0.15) is 0 Å². The van der Waals surface area contributed by atoms with Gasteiger partial charge in [-0.25, -0.2) is 0 Å². The Morgan fingerprint density at radius 1 is 1.20 bits per heavy atom. The standard InChI is InChI=1S/C19H22ClNO3.ClH/c1-13(15-7-9-16(20)10-8-15)21-11-17(23)12-24-19-6-4-3-5-18(19)14(2)22;/h3-10,13,17,21,23H,11-12H2,1-2H3;1H. The van der Waals surface area contributed by atoms with E-state index in [0.717, 1.165) is 5.56 Å². The summed E-state index contributed by atoms with van der Waals surface area (Å²) in [5.74, 6) is 0.435. The molecule has 0 radical (unpaired) electrons. The molecule has 2 aromatic rings. The van der Waals surface area contributed by atoms with Crippen LogP contribution in [0.3, 0.4) is 0 Å². The van der Waals surface area contributed by atoms with Crippen LogP contribution in [0, 0.1) is 0 Å². The molecule has 0 fully saturated rings. The monoisotopic (exact) mass is 383 g/mol. The van der Waals surface area contributed by atoms with Gasteiger partial charge in [0.05, 0.1) is 5.56 Å². The number of halogens is 2. The van der Waals surface area contributed by atoms with E-state index >= 15 is 0 Å². The van der Waals surface area contributed by atoms with E-state index in [2.05, 4.69) is 5.32 Å². The number of aliphatic hydroxyl groups excluding tert-OH is 1. The molecule has 2 aromatic carbocycles. The van der Waals surface area contributed by atoms with Gasteiger partial charge in [-0.05, 0) is 43.7 Å². The van der Waals surface area contributed by atoms with Gasteiger partial charge in [-0.3, -0.25) is 4.79 Å². The van der Waals surface area contributed by atoms with Crippen molar-refractivity contribution in [2.75, 3.05) is 13.2 Å². The summed E-state index contributed by atoms with van der Waals surface area (Å²) in [5.41, 5.74) is 1.61. The first-order valence-corrected chi connectivity index (χ1v) is 8.25. The lowest BCUT2D eigenvalue weighted by atomic mass is 10.1. The summed E-state index contributed by atoms with van der Waals surface area (Å²) in [7, 11) is 0. The van der Waals surface area contributed by atoms with Crippen molar-refractivity contribution in [3.63, 3.8) is 0 Å². The zero-order chi connectivity index (χ0) is 17.5. The average molecular weight is 384 g/mol. The van der Waals surface area contributed by atoms with Gasteiger partial charge in [0.25, 0.3) is 0 Å². The van der Waals surface area contributed by atoms with E-state index in [0.29, 0.717) is 22.9 Å². The molecule has 2 unspecified atom stereocenters. The molecule has 0 aliphatic rings. The summed E-state index contributed by atoms with van der Waals surface area (Å²) in [5, 5.41) is 14.0. The van der Waals surface area contributed by atoms with Gasteiger partial charge in [-0.1, -0.05) is 35.9 Å². The highest BCUT2D eigenvalue weighted by Gasteiger charge is 2.12. The molecule has 4 nitrogen and oxygen atoms in total. The highest BCUT2D eigenvalue weighted by molar-refractivity contribution is 6.30. The predicted octanol–water partition coefficient (Wildman–Crippen LogP) is 4.05. The first-order valence-electron chi connectivity index (χ1n) is 7.87. The van der Waals surface area contributed by atoms with E-state index in [4.69, 9.17) is 16.3 Å². The number of hydrogen-bond acceptors (Lipinski definition) is 4. The molecule has 0 saturated heterocycles. The zero-order valence-electron chi connectivity index (χ0n) is 14.2. The number of hydrogen-bond donors (Lipinski definition) is 2. The van der Waals surface area contributed by atoms with Gasteiger partial charge >= 0.3 is 0 Å². The lowest BCUT2D eigenvalue weighted by Gasteiger charge is -2.18. The molecule has 0 aliphatic carbocycles. The lowest BCUT2D eigenvalue weighted by Crippen LogP contribution is -2.33. The second-order valence-corrected chi connectivity index (χ2v) is 6.14. The zero-order valence-corrected chi connectivity index (χ0v) is 15.8. The molecule has 0 saturated carbocycles. The second-order valence-electron chi connectivity index (χ2n) is 5.70. The number of aliphatic hydroxyl groups is 1. The smallest absolute Gasteiger partial charge is 0.163 e. The number of carbonyl (C=O) groups excluding carboxylic acids is 1. The third kappa shape index (κ3) is 6.67. The Morgan fingerprint density at radius 3 is 2.48 bits per heavy atom. The van der Waals surface area contributed by atoms with Gasteiger partial charge in [0, 0.05) is 17.6 Å². The predicted molar refractivity (Wildman–Crippen MR) is 103 cm³/mol. The van der Waals surface area contributed by atoms with Crippen LogP contribution in [-0.2, 0) is 0 Å². The maximum atomic E-state index is 11.5. The third-order valence-corrected chi connectivity index (χ3v) is 3.98. The highest BCUT2D eigenvalue weighted by Crippen LogP contribution is 2.19. The van der Waals surface area contributed by atoms with E-state index in [1.165, 1.54) is 6.92 Å². The largest absolute Gasteiger partial charge is 0.490 e. The Labute approximate surface area is 159 Å². The van der Waals surface area contributed by atoms with Crippen molar-refractivity contribution in [1.82, 2.24) is 5.32 Å². The average Bonchev–Trinajstić information content (AvgIpc) is 2.58. The van der Waals surface area contributed by atoms with Crippen molar-refractivity contribution in [1.29, 1.82) is 0 Å². The molecule has 25 heavy (non-hydrogen) atoms. The second kappa shape index (κ2) is 10.4. The molecular weight excluding hydrogens is 361 g/mol. The topological polar surface area (TPSA) is 58.6 Å². The Morgan fingerprint density at radius 2 is 1.84 bits per heavy atom. The number of carbonyl (C=O) groups is 1. The Balaban J connectivity index is 0.00000312. The minimum Gasteiger partial charge on any atom is -0.490 e. The summed E-state index contributed by atoms with van der Waals surface area (Å²) in [6.45, 7) is 4.01. The van der Waals surface area contributed by atoms with Crippen molar-refractivity contribution in [2.45, 2.75) is 26.0 Å². The van der Waals surface area contributed by atoms with Crippen molar-refractivity contribution >= 4 is 29.8 Å². The van der Waals surface area contributed by atoms with Crippen molar-refractivity contribution in [3.8, 4) is 5.75 Å². The van der Waals surface area contributed by atoms with Gasteiger partial charge in [0.1, 0.15) is 18.5 Å². The molecule has 6 heteroatoms. The third-order valence-electron chi connectivity index (χ3n) is 3.73. The van der Waals surface area contributed by atoms with Crippen LogP contribution in [0.1, 0.15) is 35.8 Å². The molecule has 2 atom stereocenters. The van der Waals surface area contributed by atoms with Crippen LogP contribution in [0.5, 0.6) is 5.75 Å². The van der Waals surface area contributed by atoms with Crippen molar-refractivity contribution in [2.24, 2.45) is 0 Å². The Bertz CT molecular complexity index is 677. The summed E-state index contributed by atoms with van der Waals surface area (Å²) in [6, 6.07) is 14.7. The van der Waals surface area contributed by atoms with E-state index in [1.807, 2.05) is 31.2 Å². The van der Waals surface area contributed by atoms with E-state index in [-0.39, 0.29) is 30.8 Å². The van der Waals surface area contributed by atoms with Crippen molar-refractivity contribution in [3.05, 3.63) is 64.7 Å². The Kier molecular flexibility index (Phi) is 8.93. The molecule has 2 N–H and O–H groups in total. The molecule has 0 bridgehead atoms. The van der Waals surface area contributed by atoms with Gasteiger partial charge in [0.2, 0.25) is 0 Å². The normalized spacial score (nSPS) is 12.8. The Hall–Kier alpha value is -1.59. The molecule has 0 spiro atoms. The van der Waals surface area contributed by atoms with Crippen LogP contribution in [0.15, 0.2) is 48.5 Å². The number of ketones is 1. The van der Waals surface area contributed by atoms with Crippen LogP contribution >= 0.6 is 24.0 Å². The summed E-state index contributed by atoms with van der Waals surface area (Å²) >= 11 is 5.88. The number of Topliss-reactive ketones (excluding diaryl/α,β-unsaturated/α-hetero) is 1. The van der Waals surface area contributed by atoms with Crippen molar-refractivity contribution < 1.29 is 14.6 Å². The number of benzene rings is 2. The van der Waals surface area contributed by atoms with Crippen LogP contribution in [0.25, 0.3) is 0 Å². The number of rotatable bonds is 8. The molecule has 0 amide bonds. The van der Waals surface area contributed by atoms with E-state index in [9.17, 15) is 9.90 Å². The van der Waals surface area contributed by atoms with E-state index < -0.39 is 6.10 Å². The molecule has 0 aromatic heterocycles. The van der Waals surface area contributed by atoms with Gasteiger partial charge in [-0.15, -0.1) is 12.4 Å². The number of nitrogens with one attached hydrogen (secondary N) is 1. The first kappa shape index (κ1) is 21.5. The first-order chi connectivity index (χ1) is 11.5. The summed E-state index contributed by atoms with van der Waals surface area (Å²) < 4.78 is 5.59. The lowest BCUT2D eigenvalue weighted by molar-refractivity contribution is 0.0966. The fourth-order valence-corrected chi connectivity index (χ4v) is 2.44. The van der Waals surface area contributed by atoms with Crippen LogP contribution in [0.4, 0.5) is 0 Å². The summed E-state index contributed by atoms with van der Waals surface area (Å²) in [4.78, 5) is 11.5. The van der Waals surface area contributed by atoms with Crippen LogP contribution in [0.2, 0.25) is 5.02 Å². The van der Waals surface area contributed by atoms with E-state index in [1.54, 1.807) is 24.3 Å². The number of ether oxygens (including phenoxy) is 1. The molecule has 2 rings (SSSR count). The molecule has 0 heterocycles. The van der Waals surface area contributed by atoms with Gasteiger partial charge < -0.3 is 15.2 Å². The molecular formula is C19H23Cl2NO3. The summed E-state index contributed by atoms with van der Waals surface area (Å²) in [6.07, 6.45) is -0.681. The van der Waals surface area contributed by atoms with Crippen LogP contribution < -0.4 is 10.1 Å². The molecule has 136 valence electrons. The van der Waals surface area contributed by atoms with Gasteiger partial charge in [0.15, 0.2) is 5.78 Å². The quantitative estimate of drug-likeness (QED) is 0.674. The minimum atomic E-state index is -0.681. The maximum absolute atomic E-state index is 11.5. The fourth-order valence-electron chi connectivity index (χ4n) is 2.31. The maximum Gasteiger partial charge on any atom is 0.163 e. The fraction of sp³-hybridized carbons (Fsp3) is 0.316. The minimum absolute atomic E-state index is 0. The highest BCUT2D eigenvalue weighted by atomic mass is 35.5. The number of para-hydroxylation sites is 1. The SMILES string of the molecule is CC(=O)c1ccccc1OCC(O)CNC(C)c1ccc(Cl)cc1.Cl. The van der Waals surface area contributed by atoms with Crippen LogP contribution in [-0.4, -0.2) is 30.1 Å². The molecule has 0 aliphatic heterocycles.